The van der Waals surface area contributed by atoms with Gasteiger partial charge in [0.05, 0.1) is 11.4 Å². The maximum Gasteiger partial charge on any atom is 0.234 e. The van der Waals surface area contributed by atoms with Gasteiger partial charge in [0.1, 0.15) is 5.82 Å². The van der Waals surface area contributed by atoms with Crippen LogP contribution >= 0.6 is 23.4 Å². The smallest absolute Gasteiger partial charge is 0.234 e. The van der Waals surface area contributed by atoms with Gasteiger partial charge in [-0.1, -0.05) is 23.4 Å². The number of hydrogen-bond donors (Lipinski definition) is 1. The molecule has 20 heavy (non-hydrogen) atoms. The lowest BCUT2D eigenvalue weighted by atomic mass is 10.3. The topological polar surface area (TPSA) is 46.9 Å². The Morgan fingerprint density at radius 2 is 2.35 bits per heavy atom. The summed E-state index contributed by atoms with van der Waals surface area (Å²) in [4.78, 5) is 15.9. The van der Waals surface area contributed by atoms with E-state index in [4.69, 9.17) is 11.6 Å². The summed E-state index contributed by atoms with van der Waals surface area (Å²) < 4.78 is 15.4. The van der Waals surface area contributed by atoms with E-state index in [9.17, 15) is 9.18 Å². The van der Waals surface area contributed by atoms with E-state index < -0.39 is 5.82 Å². The van der Waals surface area contributed by atoms with E-state index in [2.05, 4.69) is 10.3 Å². The molecule has 0 unspecified atom stereocenters. The van der Waals surface area contributed by atoms with Crippen LogP contribution in [0.2, 0.25) is 5.02 Å². The normalized spacial score (nSPS) is 10.6. The molecule has 0 spiro atoms. The van der Waals surface area contributed by atoms with Gasteiger partial charge in [0.2, 0.25) is 5.91 Å². The fourth-order valence-corrected chi connectivity index (χ4v) is 2.58. The number of hydrogen-bond acceptors (Lipinski definition) is 3. The minimum atomic E-state index is -0.511. The van der Waals surface area contributed by atoms with Crippen molar-refractivity contribution in [2.24, 2.45) is 0 Å². The Labute approximate surface area is 125 Å². The second kappa shape index (κ2) is 6.76. The highest BCUT2D eigenvalue weighted by atomic mass is 35.5. The lowest BCUT2D eigenvalue weighted by Gasteiger charge is -2.07. The van der Waals surface area contributed by atoms with Gasteiger partial charge in [-0.15, -0.1) is 0 Å². The van der Waals surface area contributed by atoms with E-state index in [1.165, 1.54) is 30.0 Å². The molecule has 106 valence electrons. The van der Waals surface area contributed by atoms with Gasteiger partial charge in [-0.05, 0) is 25.1 Å². The second-order valence-corrected chi connectivity index (χ2v) is 5.34. The van der Waals surface area contributed by atoms with Crippen LogP contribution in [-0.2, 0) is 11.3 Å². The predicted molar refractivity (Wildman–Crippen MR) is 78.7 cm³/mol. The average Bonchev–Trinajstić information content (AvgIpc) is 2.88. The van der Waals surface area contributed by atoms with Gasteiger partial charge < -0.3 is 9.88 Å². The summed E-state index contributed by atoms with van der Waals surface area (Å²) >= 11 is 7.06. The van der Waals surface area contributed by atoms with Gasteiger partial charge in [0.15, 0.2) is 5.16 Å². The van der Waals surface area contributed by atoms with E-state index in [1.807, 2.05) is 17.7 Å². The highest BCUT2D eigenvalue weighted by Crippen LogP contribution is 2.21. The molecule has 1 aromatic carbocycles. The largest absolute Gasteiger partial charge is 0.326 e. The fourth-order valence-electron chi connectivity index (χ4n) is 1.59. The van der Waals surface area contributed by atoms with Crippen molar-refractivity contribution >= 4 is 35.0 Å². The highest BCUT2D eigenvalue weighted by molar-refractivity contribution is 7.99. The fraction of sp³-hybridized carbons (Fsp3) is 0.231. The average molecular weight is 314 g/mol. The van der Waals surface area contributed by atoms with Crippen molar-refractivity contribution in [3.05, 3.63) is 41.4 Å². The van der Waals surface area contributed by atoms with Crippen LogP contribution in [0, 0.1) is 5.82 Å². The first-order chi connectivity index (χ1) is 9.60. The molecule has 0 saturated heterocycles. The Balaban J connectivity index is 1.94. The van der Waals surface area contributed by atoms with E-state index >= 15 is 0 Å². The van der Waals surface area contributed by atoms with Crippen LogP contribution in [0.1, 0.15) is 6.92 Å². The zero-order valence-corrected chi connectivity index (χ0v) is 12.3. The van der Waals surface area contributed by atoms with Gasteiger partial charge in [-0.25, -0.2) is 9.37 Å². The van der Waals surface area contributed by atoms with Crippen molar-refractivity contribution in [3.63, 3.8) is 0 Å². The molecule has 0 saturated carbocycles. The summed E-state index contributed by atoms with van der Waals surface area (Å²) in [6.45, 7) is 2.78. The monoisotopic (exact) mass is 313 g/mol. The van der Waals surface area contributed by atoms with E-state index in [-0.39, 0.29) is 17.3 Å². The van der Waals surface area contributed by atoms with Crippen molar-refractivity contribution in [2.45, 2.75) is 18.6 Å². The van der Waals surface area contributed by atoms with Gasteiger partial charge in [-0.3, -0.25) is 4.79 Å². The van der Waals surface area contributed by atoms with E-state index in [0.717, 1.165) is 11.7 Å². The molecule has 0 radical (unpaired) electrons. The quantitative estimate of drug-likeness (QED) is 0.860. The third-order valence-corrected chi connectivity index (χ3v) is 3.79. The first kappa shape index (κ1) is 14.9. The maximum absolute atomic E-state index is 13.5. The summed E-state index contributed by atoms with van der Waals surface area (Å²) in [5.41, 5.74) is 0.0851. The number of rotatable bonds is 5. The first-order valence-electron chi connectivity index (χ1n) is 5.99. The van der Waals surface area contributed by atoms with Crippen molar-refractivity contribution in [1.82, 2.24) is 9.55 Å². The molecular formula is C13H13ClFN3OS. The molecule has 1 amide bonds. The van der Waals surface area contributed by atoms with Crippen LogP contribution in [0.25, 0.3) is 0 Å². The number of halogens is 2. The zero-order chi connectivity index (χ0) is 14.5. The van der Waals surface area contributed by atoms with Crippen LogP contribution in [0.5, 0.6) is 0 Å². The number of nitrogens with zero attached hydrogens (tertiary/aromatic N) is 2. The summed E-state index contributed by atoms with van der Waals surface area (Å²) in [5.74, 6) is -0.659. The molecule has 0 aliphatic heterocycles. The second-order valence-electron chi connectivity index (χ2n) is 3.96. The van der Waals surface area contributed by atoms with Crippen molar-refractivity contribution < 1.29 is 9.18 Å². The van der Waals surface area contributed by atoms with Crippen LogP contribution in [0.3, 0.4) is 0 Å². The number of aromatic nitrogens is 2. The molecule has 1 aromatic heterocycles. The standard InChI is InChI=1S/C13H13ClFN3OS/c1-2-18-6-5-16-13(18)20-8-12(19)17-11-7-9(14)3-4-10(11)15/h3-7H,2,8H2,1H3,(H,17,19). The number of anilines is 1. The van der Waals surface area contributed by atoms with Crippen molar-refractivity contribution in [3.8, 4) is 0 Å². The minimum absolute atomic E-state index is 0.0851. The van der Waals surface area contributed by atoms with E-state index in [0.29, 0.717) is 5.02 Å². The third kappa shape index (κ3) is 3.74. The number of carbonyl (C=O) groups excluding carboxylic acids is 1. The number of nitrogens with one attached hydrogen (secondary N) is 1. The number of carbonyl (C=O) groups is 1. The lowest BCUT2D eigenvalue weighted by Crippen LogP contribution is -2.15. The molecule has 1 N–H and O–H groups in total. The maximum atomic E-state index is 13.5. The SMILES string of the molecule is CCn1ccnc1SCC(=O)Nc1cc(Cl)ccc1F. The van der Waals surface area contributed by atoms with Crippen LogP contribution in [0.4, 0.5) is 10.1 Å². The first-order valence-corrected chi connectivity index (χ1v) is 7.35. The molecule has 4 nitrogen and oxygen atoms in total. The van der Waals surface area contributed by atoms with Gasteiger partial charge in [-0.2, -0.15) is 0 Å². The third-order valence-electron chi connectivity index (χ3n) is 2.55. The summed E-state index contributed by atoms with van der Waals surface area (Å²) in [6, 6.07) is 4.03. The molecule has 7 heteroatoms. The number of amides is 1. The molecule has 0 aliphatic carbocycles. The van der Waals surface area contributed by atoms with Gasteiger partial charge in [0, 0.05) is 24.0 Å². The molecule has 1 heterocycles. The zero-order valence-electron chi connectivity index (χ0n) is 10.8. The van der Waals surface area contributed by atoms with Crippen molar-refractivity contribution in [1.29, 1.82) is 0 Å². The molecule has 2 aromatic rings. The highest BCUT2D eigenvalue weighted by Gasteiger charge is 2.10. The van der Waals surface area contributed by atoms with Crippen LogP contribution < -0.4 is 5.32 Å². The number of imidazole rings is 1. The number of thioether (sulfide) groups is 1. The van der Waals surface area contributed by atoms with Crippen LogP contribution in [0.15, 0.2) is 35.7 Å². The van der Waals surface area contributed by atoms with E-state index in [1.54, 1.807) is 6.20 Å². The summed E-state index contributed by atoms with van der Waals surface area (Å²) in [6.07, 6.45) is 3.53. The summed E-state index contributed by atoms with van der Waals surface area (Å²) in [5, 5.41) is 3.62. The van der Waals surface area contributed by atoms with Gasteiger partial charge >= 0.3 is 0 Å². The summed E-state index contributed by atoms with van der Waals surface area (Å²) in [7, 11) is 0. The molecule has 0 bridgehead atoms. The molecule has 0 fully saturated rings. The lowest BCUT2D eigenvalue weighted by molar-refractivity contribution is -0.113. The Kier molecular flexibility index (Phi) is 5.03. The Morgan fingerprint density at radius 3 is 3.10 bits per heavy atom. The molecule has 0 atom stereocenters. The van der Waals surface area contributed by atoms with Crippen molar-refractivity contribution in [2.75, 3.05) is 11.1 Å². The minimum Gasteiger partial charge on any atom is -0.326 e. The van der Waals surface area contributed by atoms with Gasteiger partial charge in [0.25, 0.3) is 0 Å². The Morgan fingerprint density at radius 1 is 1.55 bits per heavy atom. The predicted octanol–water partition coefficient (Wildman–Crippen LogP) is 3.43. The Hall–Kier alpha value is -1.53. The number of aryl methyl sites for hydroxylation is 1. The Bertz CT molecular complexity index is 617. The molecular weight excluding hydrogens is 301 g/mol. The van der Waals surface area contributed by atoms with Crippen LogP contribution in [-0.4, -0.2) is 21.2 Å². The molecule has 2 rings (SSSR count). The number of benzene rings is 1. The molecule has 0 aliphatic rings.